The largest absolute Gasteiger partial charge is 0.332 e. The van der Waals surface area contributed by atoms with Crippen molar-refractivity contribution in [2.45, 2.75) is 38.5 Å². The number of aromatic nitrogens is 4. The van der Waals surface area contributed by atoms with Gasteiger partial charge in [0.05, 0.1) is 13.1 Å². The lowest BCUT2D eigenvalue weighted by Gasteiger charge is -2.28. The van der Waals surface area contributed by atoms with Crippen LogP contribution in [0.25, 0.3) is 0 Å². The molecule has 1 saturated heterocycles. The van der Waals surface area contributed by atoms with Crippen molar-refractivity contribution in [1.29, 1.82) is 0 Å². The van der Waals surface area contributed by atoms with Crippen molar-refractivity contribution in [1.82, 2.24) is 35.5 Å². The van der Waals surface area contributed by atoms with E-state index >= 15 is 0 Å². The second kappa shape index (κ2) is 5.71. The molecule has 4 rings (SSSR count). The first-order valence-corrected chi connectivity index (χ1v) is 7.81. The van der Waals surface area contributed by atoms with Crippen LogP contribution in [0.2, 0.25) is 0 Å². The summed E-state index contributed by atoms with van der Waals surface area (Å²) in [7, 11) is 0. The number of amides is 1. The van der Waals surface area contributed by atoms with Crippen molar-refractivity contribution in [3.05, 3.63) is 41.7 Å². The lowest BCUT2D eigenvalue weighted by Crippen LogP contribution is -2.48. The fourth-order valence-corrected chi connectivity index (χ4v) is 3.19. The van der Waals surface area contributed by atoms with Crippen molar-refractivity contribution in [2.75, 3.05) is 6.54 Å². The Labute approximate surface area is 133 Å². The number of fused-ring (bicyclic) bond motifs is 1. The summed E-state index contributed by atoms with van der Waals surface area (Å²) in [6, 6.07) is 3.81. The van der Waals surface area contributed by atoms with Gasteiger partial charge in [-0.15, -0.1) is 0 Å². The molecule has 2 aromatic rings. The monoisotopic (exact) mass is 313 g/mol. The lowest BCUT2D eigenvalue weighted by atomic mass is 10.0. The van der Waals surface area contributed by atoms with Crippen LogP contribution in [-0.4, -0.2) is 43.1 Å². The van der Waals surface area contributed by atoms with Gasteiger partial charge >= 0.3 is 0 Å². The third kappa shape index (κ3) is 2.71. The Balaban J connectivity index is 1.42. The van der Waals surface area contributed by atoms with E-state index in [2.05, 4.69) is 25.9 Å². The highest BCUT2D eigenvalue weighted by Gasteiger charge is 2.34. The van der Waals surface area contributed by atoms with Crippen LogP contribution in [0.5, 0.6) is 0 Å². The summed E-state index contributed by atoms with van der Waals surface area (Å²) in [6.45, 7) is 3.77. The van der Waals surface area contributed by atoms with Crippen LogP contribution in [0.3, 0.4) is 0 Å². The minimum atomic E-state index is -0.226. The number of hydrogen-bond donors (Lipinski definition) is 2. The van der Waals surface area contributed by atoms with E-state index in [-0.39, 0.29) is 18.0 Å². The first kappa shape index (κ1) is 14.3. The summed E-state index contributed by atoms with van der Waals surface area (Å²) in [5.41, 5.74) is 7.40. The predicted octanol–water partition coefficient (Wildman–Crippen LogP) is -0.0685. The third-order valence-electron chi connectivity index (χ3n) is 4.37. The molecule has 1 amide bonds. The molecule has 0 aromatic carbocycles. The number of carbonyl (C=O) groups excluding carboxylic acids is 1. The molecule has 1 fully saturated rings. The zero-order chi connectivity index (χ0) is 15.8. The smallest absolute Gasteiger partial charge is 0.241 e. The van der Waals surface area contributed by atoms with Crippen LogP contribution < -0.4 is 10.9 Å². The Morgan fingerprint density at radius 2 is 2.26 bits per heavy atom. The first-order chi connectivity index (χ1) is 11.2. The second-order valence-electron chi connectivity index (χ2n) is 5.97. The molecule has 2 aromatic heterocycles. The van der Waals surface area contributed by atoms with Crippen molar-refractivity contribution in [3.63, 3.8) is 0 Å². The van der Waals surface area contributed by atoms with E-state index in [0.717, 1.165) is 17.2 Å². The standard InChI is InChI=1S/C15H19N7O/c1-10-17-14-9-21(5-6-22(14)20-10)15(23)13-7-12(18-19-13)11-3-2-4-16-8-11/h2-4,8,12-13,18-19H,5-7,9H2,1H3. The Morgan fingerprint density at radius 1 is 1.35 bits per heavy atom. The molecule has 2 atom stereocenters. The lowest BCUT2D eigenvalue weighted by molar-refractivity contribution is -0.134. The normalized spacial score (nSPS) is 23.8. The highest BCUT2D eigenvalue weighted by Crippen LogP contribution is 2.23. The number of hydrogen-bond acceptors (Lipinski definition) is 6. The molecule has 0 spiro atoms. The molecule has 4 heterocycles. The Morgan fingerprint density at radius 3 is 3.09 bits per heavy atom. The van der Waals surface area contributed by atoms with Crippen LogP contribution in [0.15, 0.2) is 24.5 Å². The second-order valence-corrected chi connectivity index (χ2v) is 5.97. The van der Waals surface area contributed by atoms with Crippen molar-refractivity contribution in [3.8, 4) is 0 Å². The van der Waals surface area contributed by atoms with Crippen LogP contribution >= 0.6 is 0 Å². The van der Waals surface area contributed by atoms with E-state index in [9.17, 15) is 4.79 Å². The summed E-state index contributed by atoms with van der Waals surface area (Å²) < 4.78 is 1.89. The quantitative estimate of drug-likeness (QED) is 0.807. The minimum Gasteiger partial charge on any atom is -0.332 e. The van der Waals surface area contributed by atoms with Gasteiger partial charge in [0.25, 0.3) is 0 Å². The maximum atomic E-state index is 12.7. The Kier molecular flexibility index (Phi) is 3.55. The van der Waals surface area contributed by atoms with Gasteiger partial charge in [-0.1, -0.05) is 6.07 Å². The number of pyridine rings is 1. The van der Waals surface area contributed by atoms with Crippen LogP contribution in [0.1, 0.15) is 29.7 Å². The van der Waals surface area contributed by atoms with Gasteiger partial charge in [-0.2, -0.15) is 5.10 Å². The van der Waals surface area contributed by atoms with E-state index in [4.69, 9.17) is 0 Å². The fraction of sp³-hybridized carbons (Fsp3) is 0.467. The van der Waals surface area contributed by atoms with Crippen molar-refractivity contribution >= 4 is 5.91 Å². The van der Waals surface area contributed by atoms with E-state index in [1.54, 1.807) is 6.20 Å². The van der Waals surface area contributed by atoms with Gasteiger partial charge in [-0.3, -0.25) is 9.78 Å². The highest BCUT2D eigenvalue weighted by atomic mass is 16.2. The molecule has 2 aliphatic rings. The molecule has 0 radical (unpaired) electrons. The molecule has 2 unspecified atom stereocenters. The molecule has 120 valence electrons. The molecule has 0 bridgehead atoms. The maximum Gasteiger partial charge on any atom is 0.241 e. The number of nitrogens with one attached hydrogen (secondary N) is 2. The van der Waals surface area contributed by atoms with E-state index in [1.807, 2.05) is 34.8 Å². The number of carbonyl (C=O) groups is 1. The van der Waals surface area contributed by atoms with E-state index in [0.29, 0.717) is 26.1 Å². The number of rotatable bonds is 2. The molecular weight excluding hydrogens is 294 g/mol. The van der Waals surface area contributed by atoms with Gasteiger partial charge in [0.2, 0.25) is 5.91 Å². The molecule has 8 heteroatoms. The molecule has 0 aliphatic carbocycles. The van der Waals surface area contributed by atoms with E-state index in [1.165, 1.54) is 0 Å². The molecule has 23 heavy (non-hydrogen) atoms. The summed E-state index contributed by atoms with van der Waals surface area (Å²) in [5, 5.41) is 4.33. The number of aryl methyl sites for hydroxylation is 1. The average molecular weight is 313 g/mol. The topological polar surface area (TPSA) is 88.0 Å². The van der Waals surface area contributed by atoms with Crippen LogP contribution in [0, 0.1) is 6.92 Å². The van der Waals surface area contributed by atoms with Crippen molar-refractivity contribution in [2.24, 2.45) is 0 Å². The zero-order valence-corrected chi connectivity index (χ0v) is 12.9. The maximum absolute atomic E-state index is 12.7. The summed E-state index contributed by atoms with van der Waals surface area (Å²) in [6.07, 6.45) is 4.30. The fourth-order valence-electron chi connectivity index (χ4n) is 3.19. The van der Waals surface area contributed by atoms with Crippen LogP contribution in [-0.2, 0) is 17.9 Å². The van der Waals surface area contributed by atoms with Gasteiger partial charge in [0.15, 0.2) is 0 Å². The van der Waals surface area contributed by atoms with Gasteiger partial charge in [0, 0.05) is 25.0 Å². The average Bonchev–Trinajstić information content (AvgIpc) is 3.20. The third-order valence-corrected chi connectivity index (χ3v) is 4.37. The van der Waals surface area contributed by atoms with Crippen molar-refractivity contribution < 1.29 is 4.79 Å². The van der Waals surface area contributed by atoms with Gasteiger partial charge in [-0.25, -0.2) is 20.5 Å². The van der Waals surface area contributed by atoms with Gasteiger partial charge in [-0.05, 0) is 25.0 Å². The molecule has 8 nitrogen and oxygen atoms in total. The summed E-state index contributed by atoms with van der Waals surface area (Å²) in [5.74, 6) is 1.72. The van der Waals surface area contributed by atoms with Gasteiger partial charge < -0.3 is 4.90 Å². The first-order valence-electron chi connectivity index (χ1n) is 7.81. The zero-order valence-electron chi connectivity index (χ0n) is 12.9. The molecular formula is C15H19N7O. The summed E-state index contributed by atoms with van der Waals surface area (Å²) in [4.78, 5) is 23.1. The molecule has 0 saturated carbocycles. The molecule has 2 aliphatic heterocycles. The SMILES string of the molecule is Cc1nc2n(n1)CCN(C(=O)C1CC(c3cccnc3)NN1)C2. The Hall–Kier alpha value is -2.32. The molecule has 2 N–H and O–H groups in total. The van der Waals surface area contributed by atoms with Crippen LogP contribution in [0.4, 0.5) is 0 Å². The number of hydrazine groups is 1. The predicted molar refractivity (Wildman–Crippen MR) is 81.8 cm³/mol. The Bertz CT molecular complexity index is 714. The van der Waals surface area contributed by atoms with E-state index < -0.39 is 0 Å². The minimum absolute atomic E-state index is 0.105. The van der Waals surface area contributed by atoms with Gasteiger partial charge in [0.1, 0.15) is 17.7 Å². The summed E-state index contributed by atoms with van der Waals surface area (Å²) >= 11 is 0. The number of nitrogens with zero attached hydrogens (tertiary/aromatic N) is 5. The highest BCUT2D eigenvalue weighted by molar-refractivity contribution is 5.82.